The Balaban J connectivity index is 2.78. The highest BCUT2D eigenvalue weighted by atomic mass is 32.2. The molecule has 1 aromatic rings. The Hall–Kier alpha value is -1.18. The smallest absolute Gasteiger partial charge is 0.240 e. The lowest BCUT2D eigenvalue weighted by molar-refractivity contribution is 0.400. The molecule has 108 valence electrons. The van der Waals surface area contributed by atoms with E-state index in [-0.39, 0.29) is 16.1 Å². The molecule has 0 bridgehead atoms. The Morgan fingerprint density at radius 2 is 2.00 bits per heavy atom. The molecule has 19 heavy (non-hydrogen) atoms. The number of hydrogen-bond donors (Lipinski definition) is 2. The number of nitrogens with two attached hydrogens (primary N) is 1. The van der Waals surface area contributed by atoms with Crippen LogP contribution in [0.1, 0.15) is 12.0 Å². The van der Waals surface area contributed by atoms with Crippen molar-refractivity contribution in [3.05, 3.63) is 23.5 Å². The molecular formula is C12H20FN3O2S. The highest BCUT2D eigenvalue weighted by Gasteiger charge is 2.16. The molecule has 1 rings (SSSR count). The van der Waals surface area contributed by atoms with E-state index in [9.17, 15) is 12.8 Å². The maximum atomic E-state index is 13.5. The van der Waals surface area contributed by atoms with E-state index < -0.39 is 15.8 Å². The van der Waals surface area contributed by atoms with Crippen molar-refractivity contribution in [2.75, 3.05) is 32.9 Å². The highest BCUT2D eigenvalue weighted by molar-refractivity contribution is 7.89. The minimum Gasteiger partial charge on any atom is -0.398 e. The second-order valence-corrected chi connectivity index (χ2v) is 6.44. The number of nitrogens with zero attached hydrogens (tertiary/aromatic N) is 1. The predicted molar refractivity (Wildman–Crippen MR) is 73.9 cm³/mol. The van der Waals surface area contributed by atoms with Crippen molar-refractivity contribution < 1.29 is 12.8 Å². The molecule has 0 atom stereocenters. The zero-order chi connectivity index (χ0) is 14.6. The van der Waals surface area contributed by atoms with Gasteiger partial charge in [-0.3, -0.25) is 0 Å². The topological polar surface area (TPSA) is 75.4 Å². The van der Waals surface area contributed by atoms with E-state index in [1.54, 1.807) is 0 Å². The molecule has 0 saturated carbocycles. The Kier molecular flexibility index (Phi) is 5.28. The van der Waals surface area contributed by atoms with E-state index in [0.29, 0.717) is 13.0 Å². The molecule has 0 heterocycles. The number of sulfonamides is 1. The van der Waals surface area contributed by atoms with Crippen LogP contribution in [0.25, 0.3) is 0 Å². The molecule has 0 radical (unpaired) electrons. The first kappa shape index (κ1) is 15.9. The number of nitrogen functional groups attached to an aromatic ring is 1. The van der Waals surface area contributed by atoms with E-state index in [0.717, 1.165) is 12.6 Å². The molecule has 0 fully saturated rings. The van der Waals surface area contributed by atoms with Crippen LogP contribution in [0.4, 0.5) is 10.1 Å². The maximum Gasteiger partial charge on any atom is 0.240 e. The molecule has 0 saturated heterocycles. The van der Waals surface area contributed by atoms with Crippen LogP contribution in [0, 0.1) is 12.7 Å². The summed E-state index contributed by atoms with van der Waals surface area (Å²) in [4.78, 5) is 1.82. The Bertz CT molecular complexity index is 521. The normalized spacial score (nSPS) is 12.1. The van der Waals surface area contributed by atoms with Gasteiger partial charge in [-0.1, -0.05) is 0 Å². The maximum absolute atomic E-state index is 13.5. The summed E-state index contributed by atoms with van der Waals surface area (Å²) < 4.78 is 39.8. The third-order valence-corrected chi connectivity index (χ3v) is 4.18. The van der Waals surface area contributed by atoms with E-state index in [4.69, 9.17) is 5.73 Å². The summed E-state index contributed by atoms with van der Waals surface area (Å²) in [5, 5.41) is 0. The second-order valence-electron chi connectivity index (χ2n) is 4.67. The van der Waals surface area contributed by atoms with Gasteiger partial charge in [-0.05, 0) is 46.1 Å². The largest absolute Gasteiger partial charge is 0.398 e. The Morgan fingerprint density at radius 3 is 2.53 bits per heavy atom. The van der Waals surface area contributed by atoms with Crippen LogP contribution < -0.4 is 10.5 Å². The molecule has 0 unspecified atom stereocenters. The number of hydrogen-bond acceptors (Lipinski definition) is 4. The molecule has 0 aliphatic carbocycles. The van der Waals surface area contributed by atoms with Gasteiger partial charge in [-0.15, -0.1) is 0 Å². The lowest BCUT2D eigenvalue weighted by atomic mass is 10.2. The van der Waals surface area contributed by atoms with Gasteiger partial charge in [0.15, 0.2) is 0 Å². The van der Waals surface area contributed by atoms with Gasteiger partial charge >= 0.3 is 0 Å². The van der Waals surface area contributed by atoms with Gasteiger partial charge in [0, 0.05) is 17.8 Å². The summed E-state index contributed by atoms with van der Waals surface area (Å²) >= 11 is 0. The summed E-state index contributed by atoms with van der Waals surface area (Å²) in [5.41, 5.74) is 5.96. The fourth-order valence-corrected chi connectivity index (χ4v) is 2.63. The minimum atomic E-state index is -3.71. The standard InChI is InChI=1S/C12H20FN3O2S/c1-9-11(13)7-10(8-12(9)14)19(17,18)15-5-4-6-16(2)3/h7-8,15H,4-6,14H2,1-3H3. The van der Waals surface area contributed by atoms with E-state index in [2.05, 4.69) is 4.72 Å². The van der Waals surface area contributed by atoms with Crippen LogP contribution >= 0.6 is 0 Å². The Morgan fingerprint density at radius 1 is 1.37 bits per heavy atom. The van der Waals surface area contributed by atoms with E-state index >= 15 is 0 Å². The summed E-state index contributed by atoms with van der Waals surface area (Å²) in [6.07, 6.45) is 0.677. The average molecular weight is 289 g/mol. The lowest BCUT2D eigenvalue weighted by Gasteiger charge is -2.11. The molecule has 0 amide bonds. The number of benzene rings is 1. The number of nitrogens with one attached hydrogen (secondary N) is 1. The first-order valence-electron chi connectivity index (χ1n) is 5.94. The lowest BCUT2D eigenvalue weighted by Crippen LogP contribution is -2.27. The van der Waals surface area contributed by atoms with Crippen molar-refractivity contribution in [3.8, 4) is 0 Å². The first-order chi connectivity index (χ1) is 8.74. The van der Waals surface area contributed by atoms with Gasteiger partial charge in [0.1, 0.15) is 5.82 Å². The summed E-state index contributed by atoms with van der Waals surface area (Å²) in [5.74, 6) is -0.617. The molecule has 0 spiro atoms. The van der Waals surface area contributed by atoms with E-state index in [1.807, 2.05) is 19.0 Å². The molecule has 7 heteroatoms. The van der Waals surface area contributed by atoms with E-state index in [1.165, 1.54) is 13.0 Å². The van der Waals surface area contributed by atoms with Gasteiger partial charge in [0.25, 0.3) is 0 Å². The predicted octanol–water partition coefficient (Wildman–Crippen LogP) is 0.946. The van der Waals surface area contributed by atoms with Crippen molar-refractivity contribution in [2.24, 2.45) is 0 Å². The zero-order valence-corrected chi connectivity index (χ0v) is 12.2. The van der Waals surface area contributed by atoms with Crippen LogP contribution in [0.5, 0.6) is 0 Å². The second kappa shape index (κ2) is 6.31. The summed E-state index contributed by atoms with van der Waals surface area (Å²) in [7, 11) is 0.106. The monoisotopic (exact) mass is 289 g/mol. The van der Waals surface area contributed by atoms with Crippen LogP contribution in [-0.2, 0) is 10.0 Å². The van der Waals surface area contributed by atoms with Gasteiger partial charge < -0.3 is 10.6 Å². The minimum absolute atomic E-state index is 0.133. The third-order valence-electron chi connectivity index (χ3n) is 2.74. The SMILES string of the molecule is Cc1c(N)cc(S(=O)(=O)NCCCN(C)C)cc1F. The fraction of sp³-hybridized carbons (Fsp3) is 0.500. The van der Waals surface area contributed by atoms with Crippen molar-refractivity contribution in [3.63, 3.8) is 0 Å². The number of halogens is 1. The average Bonchev–Trinajstić information content (AvgIpc) is 2.31. The van der Waals surface area contributed by atoms with Gasteiger partial charge in [-0.25, -0.2) is 17.5 Å². The quantitative estimate of drug-likeness (QED) is 0.604. The molecule has 0 aromatic heterocycles. The summed E-state index contributed by atoms with van der Waals surface area (Å²) in [6.45, 7) is 2.58. The van der Waals surface area contributed by atoms with Crippen molar-refractivity contribution in [1.29, 1.82) is 0 Å². The van der Waals surface area contributed by atoms with Crippen LogP contribution in [0.3, 0.4) is 0 Å². The van der Waals surface area contributed by atoms with Crippen molar-refractivity contribution in [2.45, 2.75) is 18.2 Å². The molecule has 3 N–H and O–H groups in total. The van der Waals surface area contributed by atoms with Gasteiger partial charge in [0.05, 0.1) is 4.90 Å². The van der Waals surface area contributed by atoms with Gasteiger partial charge in [0.2, 0.25) is 10.0 Å². The molecule has 5 nitrogen and oxygen atoms in total. The summed E-state index contributed by atoms with van der Waals surface area (Å²) in [6, 6.07) is 2.26. The Labute approximate surface area is 113 Å². The first-order valence-corrected chi connectivity index (χ1v) is 7.42. The highest BCUT2D eigenvalue weighted by Crippen LogP contribution is 2.20. The van der Waals surface area contributed by atoms with Crippen molar-refractivity contribution in [1.82, 2.24) is 9.62 Å². The van der Waals surface area contributed by atoms with Crippen molar-refractivity contribution >= 4 is 15.7 Å². The molecule has 0 aliphatic rings. The molecule has 0 aliphatic heterocycles. The molecular weight excluding hydrogens is 269 g/mol. The third kappa shape index (κ3) is 4.45. The number of rotatable bonds is 6. The van der Waals surface area contributed by atoms with Gasteiger partial charge in [-0.2, -0.15) is 0 Å². The van der Waals surface area contributed by atoms with Crippen LogP contribution in [0.15, 0.2) is 17.0 Å². The van der Waals surface area contributed by atoms with Crippen LogP contribution in [-0.4, -0.2) is 40.5 Å². The fourth-order valence-electron chi connectivity index (χ4n) is 1.51. The molecule has 1 aromatic carbocycles. The number of anilines is 1. The zero-order valence-electron chi connectivity index (χ0n) is 11.4. The van der Waals surface area contributed by atoms with Crippen LogP contribution in [0.2, 0.25) is 0 Å².